The van der Waals surface area contributed by atoms with Gasteiger partial charge in [0.25, 0.3) is 5.56 Å². The van der Waals surface area contributed by atoms with Crippen LogP contribution in [0, 0.1) is 0 Å². The second kappa shape index (κ2) is 7.86. The molecule has 0 radical (unpaired) electrons. The lowest BCUT2D eigenvalue weighted by molar-refractivity contribution is 0.105. The summed E-state index contributed by atoms with van der Waals surface area (Å²) in [6, 6.07) is 5.31. The number of aromatic nitrogens is 5. The second-order valence-corrected chi connectivity index (χ2v) is 9.34. The van der Waals surface area contributed by atoms with Crippen molar-refractivity contribution in [3.05, 3.63) is 39.9 Å². The Kier molecular flexibility index (Phi) is 5.13. The SMILES string of the molecule is CCN1CCN([C@H](c2cc3cc4c(cc3[nH]c2=O)OCO4)c2nnnn2C(C)(C)C)CC1. The van der Waals surface area contributed by atoms with Crippen LogP contribution in [0.4, 0.5) is 0 Å². The molecule has 2 aliphatic heterocycles. The van der Waals surface area contributed by atoms with Crippen LogP contribution in [-0.2, 0) is 5.54 Å². The van der Waals surface area contributed by atoms with Crippen LogP contribution in [0.5, 0.6) is 11.5 Å². The van der Waals surface area contributed by atoms with Gasteiger partial charge in [0.15, 0.2) is 17.3 Å². The second-order valence-electron chi connectivity index (χ2n) is 9.34. The van der Waals surface area contributed by atoms with Crippen LogP contribution in [0.15, 0.2) is 23.0 Å². The van der Waals surface area contributed by atoms with E-state index in [2.05, 4.69) is 58.0 Å². The lowest BCUT2D eigenvalue weighted by atomic mass is 10.0. The van der Waals surface area contributed by atoms with Gasteiger partial charge in [-0.25, -0.2) is 4.68 Å². The third-order valence-corrected chi connectivity index (χ3v) is 6.25. The Bertz CT molecular complexity index is 1190. The number of pyridine rings is 1. The number of tetrazole rings is 1. The third-order valence-electron chi connectivity index (χ3n) is 6.25. The van der Waals surface area contributed by atoms with Crippen molar-refractivity contribution in [1.82, 2.24) is 35.0 Å². The van der Waals surface area contributed by atoms with E-state index in [1.54, 1.807) is 0 Å². The number of piperazine rings is 1. The maximum atomic E-state index is 13.4. The van der Waals surface area contributed by atoms with Gasteiger partial charge >= 0.3 is 0 Å². The first-order chi connectivity index (χ1) is 15.3. The van der Waals surface area contributed by atoms with E-state index in [-0.39, 0.29) is 23.9 Å². The first-order valence-electron chi connectivity index (χ1n) is 11.1. The van der Waals surface area contributed by atoms with E-state index in [1.807, 2.05) is 22.9 Å². The number of ether oxygens (including phenoxy) is 2. The quantitative estimate of drug-likeness (QED) is 0.656. The van der Waals surface area contributed by atoms with Gasteiger partial charge in [0.2, 0.25) is 6.79 Å². The molecule has 0 amide bonds. The number of hydrogen-bond donors (Lipinski definition) is 1. The minimum absolute atomic E-state index is 0.150. The Morgan fingerprint density at radius 1 is 1.09 bits per heavy atom. The Hall–Kier alpha value is -2.98. The predicted molar refractivity (Wildman–Crippen MR) is 119 cm³/mol. The fourth-order valence-electron chi connectivity index (χ4n) is 4.50. The molecule has 0 aliphatic carbocycles. The fraction of sp³-hybridized carbons (Fsp3) is 0.545. The molecule has 1 atom stereocenters. The minimum atomic E-state index is -0.359. The molecule has 2 aliphatic rings. The standard InChI is InChI=1S/C22H29N7O3/c1-5-27-6-8-28(9-7-27)19(20-24-25-26-29(20)22(2,3)4)15-10-14-11-17-18(32-13-31-17)12-16(14)23-21(15)30/h10-12,19H,5-9,13H2,1-4H3,(H,23,30)/t19-/m1/s1. The minimum Gasteiger partial charge on any atom is -0.454 e. The van der Waals surface area contributed by atoms with Gasteiger partial charge in [0.1, 0.15) is 6.04 Å². The number of nitrogens with zero attached hydrogens (tertiary/aromatic N) is 6. The number of hydrogen-bond acceptors (Lipinski definition) is 8. The lowest BCUT2D eigenvalue weighted by Crippen LogP contribution is -2.49. The normalized spacial score (nSPS) is 18.4. The molecule has 0 saturated carbocycles. The Labute approximate surface area is 186 Å². The van der Waals surface area contributed by atoms with Crippen LogP contribution >= 0.6 is 0 Å². The van der Waals surface area contributed by atoms with Crippen LogP contribution in [0.25, 0.3) is 10.9 Å². The van der Waals surface area contributed by atoms with Crippen LogP contribution in [0.1, 0.15) is 45.1 Å². The molecular weight excluding hydrogens is 410 g/mol. The van der Waals surface area contributed by atoms with Crippen molar-refractivity contribution in [3.8, 4) is 11.5 Å². The van der Waals surface area contributed by atoms with Gasteiger partial charge in [0.05, 0.1) is 11.1 Å². The third kappa shape index (κ3) is 3.63. The number of H-pyrrole nitrogens is 1. The Balaban J connectivity index is 1.64. The van der Waals surface area contributed by atoms with Crippen molar-refractivity contribution in [2.75, 3.05) is 39.5 Å². The largest absolute Gasteiger partial charge is 0.454 e. The van der Waals surface area contributed by atoms with Crippen molar-refractivity contribution in [2.45, 2.75) is 39.3 Å². The van der Waals surface area contributed by atoms with Gasteiger partial charge in [-0.05, 0) is 49.9 Å². The monoisotopic (exact) mass is 439 g/mol. The van der Waals surface area contributed by atoms with Crippen molar-refractivity contribution < 1.29 is 9.47 Å². The molecule has 4 heterocycles. The van der Waals surface area contributed by atoms with Crippen molar-refractivity contribution in [3.63, 3.8) is 0 Å². The average Bonchev–Trinajstić information content (AvgIpc) is 3.42. The zero-order valence-electron chi connectivity index (χ0n) is 19.0. The average molecular weight is 440 g/mol. The molecular formula is C22H29N7O3. The maximum Gasteiger partial charge on any atom is 0.253 e. The van der Waals surface area contributed by atoms with Crippen molar-refractivity contribution in [1.29, 1.82) is 0 Å². The summed E-state index contributed by atoms with van der Waals surface area (Å²) in [5.41, 5.74) is 0.870. The van der Waals surface area contributed by atoms with E-state index in [9.17, 15) is 4.79 Å². The fourth-order valence-corrected chi connectivity index (χ4v) is 4.50. The van der Waals surface area contributed by atoms with Gasteiger partial charge < -0.3 is 19.4 Å². The van der Waals surface area contributed by atoms with E-state index in [1.165, 1.54) is 0 Å². The summed E-state index contributed by atoms with van der Waals surface area (Å²) in [5.74, 6) is 2.00. The molecule has 1 fully saturated rings. The topological polar surface area (TPSA) is 101 Å². The van der Waals surface area contributed by atoms with Gasteiger partial charge in [-0.2, -0.15) is 0 Å². The summed E-state index contributed by atoms with van der Waals surface area (Å²) in [6.07, 6.45) is 0. The van der Waals surface area contributed by atoms with E-state index in [0.717, 1.165) is 38.1 Å². The molecule has 10 nitrogen and oxygen atoms in total. The van der Waals surface area contributed by atoms with Crippen molar-refractivity contribution >= 4 is 10.9 Å². The number of fused-ring (bicyclic) bond motifs is 2. The molecule has 170 valence electrons. The predicted octanol–water partition coefficient (Wildman–Crippen LogP) is 1.73. The van der Waals surface area contributed by atoms with Gasteiger partial charge in [0, 0.05) is 43.2 Å². The summed E-state index contributed by atoms with van der Waals surface area (Å²) in [4.78, 5) is 21.1. The number of nitrogens with one attached hydrogen (secondary N) is 1. The summed E-state index contributed by atoms with van der Waals surface area (Å²) >= 11 is 0. The van der Waals surface area contributed by atoms with E-state index in [4.69, 9.17) is 9.47 Å². The highest BCUT2D eigenvalue weighted by molar-refractivity contribution is 5.83. The van der Waals surface area contributed by atoms with Gasteiger partial charge in [-0.1, -0.05) is 6.92 Å². The van der Waals surface area contributed by atoms with E-state index < -0.39 is 0 Å². The van der Waals surface area contributed by atoms with Crippen molar-refractivity contribution in [2.24, 2.45) is 0 Å². The summed E-state index contributed by atoms with van der Waals surface area (Å²) in [7, 11) is 0. The molecule has 10 heteroatoms. The molecule has 32 heavy (non-hydrogen) atoms. The first kappa shape index (κ1) is 20.9. The number of benzene rings is 1. The molecule has 1 aromatic carbocycles. The first-order valence-corrected chi connectivity index (χ1v) is 11.1. The van der Waals surface area contributed by atoms with Gasteiger partial charge in [-0.15, -0.1) is 5.10 Å². The molecule has 1 N–H and O–H groups in total. The summed E-state index contributed by atoms with van der Waals surface area (Å²) < 4.78 is 12.8. The molecule has 0 bridgehead atoms. The van der Waals surface area contributed by atoms with E-state index in [0.29, 0.717) is 28.4 Å². The maximum absolute atomic E-state index is 13.4. The Morgan fingerprint density at radius 3 is 2.50 bits per heavy atom. The molecule has 0 spiro atoms. The summed E-state index contributed by atoms with van der Waals surface area (Å²) in [5, 5.41) is 13.5. The highest BCUT2D eigenvalue weighted by Gasteiger charge is 2.34. The summed E-state index contributed by atoms with van der Waals surface area (Å²) in [6.45, 7) is 13.1. The lowest BCUT2D eigenvalue weighted by Gasteiger charge is -2.39. The van der Waals surface area contributed by atoms with Gasteiger partial charge in [-0.3, -0.25) is 9.69 Å². The van der Waals surface area contributed by atoms with Crippen LogP contribution < -0.4 is 15.0 Å². The van der Waals surface area contributed by atoms with Crippen LogP contribution in [-0.4, -0.2) is 74.5 Å². The van der Waals surface area contributed by atoms with Crippen LogP contribution in [0.3, 0.4) is 0 Å². The molecule has 1 saturated heterocycles. The molecule has 0 unspecified atom stereocenters. The molecule has 3 aromatic rings. The van der Waals surface area contributed by atoms with E-state index >= 15 is 0 Å². The number of rotatable bonds is 4. The molecule has 2 aromatic heterocycles. The molecule has 5 rings (SSSR count). The zero-order valence-corrected chi connectivity index (χ0v) is 19.0. The number of likely N-dealkylation sites (N-methyl/N-ethyl adjacent to an activating group) is 1. The van der Waals surface area contributed by atoms with Crippen LogP contribution in [0.2, 0.25) is 0 Å². The Morgan fingerprint density at radius 2 is 1.81 bits per heavy atom. The highest BCUT2D eigenvalue weighted by Crippen LogP contribution is 2.36. The highest BCUT2D eigenvalue weighted by atomic mass is 16.7. The zero-order chi connectivity index (χ0) is 22.5. The number of aromatic amines is 1. The smallest absolute Gasteiger partial charge is 0.253 e.